The van der Waals surface area contributed by atoms with Gasteiger partial charge in [-0.1, -0.05) is 538 Å². The Morgan fingerprint density at radius 2 is 0.402 bits per heavy atom. The highest BCUT2D eigenvalue weighted by atomic mass is 16.1. The van der Waals surface area contributed by atoms with E-state index in [0.717, 1.165) is 117 Å². The summed E-state index contributed by atoms with van der Waals surface area (Å²) >= 11 is 0. The Labute approximate surface area is 821 Å². The van der Waals surface area contributed by atoms with Gasteiger partial charge >= 0.3 is 0 Å². The van der Waals surface area contributed by atoms with Gasteiger partial charge in [0.2, 0.25) is 0 Å². The van der Waals surface area contributed by atoms with E-state index in [4.69, 9.17) is 0 Å². The van der Waals surface area contributed by atoms with Crippen LogP contribution in [0.4, 0.5) is 0 Å². The monoisotopic (exact) mass is 1810 g/mol. The fraction of sp³-hybridized carbons (Fsp3) is 0.791. The molecule has 6 unspecified atom stereocenters. The van der Waals surface area contributed by atoms with Crippen LogP contribution in [0.25, 0.3) is 0 Å². The molecule has 0 spiro atoms. The van der Waals surface area contributed by atoms with Crippen molar-refractivity contribution < 1.29 is 14.4 Å². The molecular formula is C129H216O3. The van der Waals surface area contributed by atoms with Gasteiger partial charge in [-0.15, -0.1) is 0 Å². The molecule has 750 valence electrons. The Balaban J connectivity index is 0.000000276. The zero-order valence-corrected chi connectivity index (χ0v) is 91.0. The van der Waals surface area contributed by atoms with Crippen LogP contribution >= 0.6 is 0 Å². The molecule has 9 rings (SSSR count). The molecule has 0 bridgehead atoms. The highest BCUT2D eigenvalue weighted by Crippen LogP contribution is 2.60. The van der Waals surface area contributed by atoms with Crippen LogP contribution in [0, 0.1) is 45.8 Å². The number of carbonyl (C=O) groups is 3. The number of ketones is 3. The first kappa shape index (κ1) is 115. The summed E-state index contributed by atoms with van der Waals surface area (Å²) in [6.45, 7) is 39.3. The molecule has 0 saturated heterocycles. The number of carbonyl (C=O) groups excluding carboxylic acids is 3. The fourth-order valence-electron chi connectivity index (χ4n) is 25.6. The predicted molar refractivity (Wildman–Crippen MR) is 582 cm³/mol. The summed E-state index contributed by atoms with van der Waals surface area (Å²) in [6, 6.07) is 0. The van der Waals surface area contributed by atoms with Crippen molar-refractivity contribution in [2.24, 2.45) is 45.8 Å². The molecule has 9 aliphatic rings. The number of hydrogen-bond acceptors (Lipinski definition) is 3. The van der Waals surface area contributed by atoms with Gasteiger partial charge in [-0.2, -0.15) is 0 Å². The van der Waals surface area contributed by atoms with E-state index < -0.39 is 0 Å². The lowest BCUT2D eigenvalue weighted by molar-refractivity contribution is -0.124. The third kappa shape index (κ3) is 37.8. The van der Waals surface area contributed by atoms with Crippen molar-refractivity contribution in [3.63, 3.8) is 0 Å². The van der Waals surface area contributed by atoms with Gasteiger partial charge in [0.1, 0.15) is 0 Å². The molecule has 0 aromatic rings. The maximum Gasteiger partial charge on any atom is 0.173 e. The fourth-order valence-corrected chi connectivity index (χ4v) is 25.6. The van der Waals surface area contributed by atoms with Crippen LogP contribution in [0.5, 0.6) is 0 Å². The lowest BCUT2D eigenvalue weighted by atomic mass is 9.61. The Bertz CT molecular complexity index is 3710. The van der Waals surface area contributed by atoms with Crippen molar-refractivity contribution in [2.45, 2.75) is 612 Å². The average Bonchev–Trinajstić information content (AvgIpc) is 1.56. The highest BCUT2D eigenvalue weighted by molar-refractivity contribution is 6.10. The van der Waals surface area contributed by atoms with E-state index in [1.54, 1.807) is 11.1 Å². The van der Waals surface area contributed by atoms with E-state index >= 15 is 4.79 Å². The number of fused-ring (bicyclic) bond motifs is 3. The van der Waals surface area contributed by atoms with Gasteiger partial charge in [0.05, 0.1) is 16.2 Å². The van der Waals surface area contributed by atoms with E-state index in [-0.39, 0.29) is 16.2 Å². The number of unbranched alkanes of at least 4 members (excludes halogenated alkanes) is 44. The first-order chi connectivity index (χ1) is 64.1. The lowest BCUT2D eigenvalue weighted by Gasteiger charge is -2.40. The molecule has 6 atom stereocenters. The molecule has 0 amide bonds. The van der Waals surface area contributed by atoms with Crippen molar-refractivity contribution >= 4 is 17.3 Å². The van der Waals surface area contributed by atoms with Gasteiger partial charge in [-0.05, 0) is 224 Å². The lowest BCUT2D eigenvalue weighted by Crippen LogP contribution is -2.38. The van der Waals surface area contributed by atoms with Crippen LogP contribution in [-0.2, 0) is 14.4 Å². The zero-order valence-electron chi connectivity index (χ0n) is 91.0. The molecule has 0 N–H and O–H groups in total. The Kier molecular flexibility index (Phi) is 57.2. The van der Waals surface area contributed by atoms with Gasteiger partial charge in [0, 0.05) is 16.7 Å². The van der Waals surface area contributed by atoms with Crippen LogP contribution in [-0.4, -0.2) is 17.3 Å². The van der Waals surface area contributed by atoms with E-state index in [1.165, 1.54) is 490 Å². The van der Waals surface area contributed by atoms with E-state index in [9.17, 15) is 9.59 Å². The first-order valence-electron chi connectivity index (χ1n) is 59.2. The minimum atomic E-state index is -0.311. The molecule has 132 heavy (non-hydrogen) atoms. The average molecular weight is 1820 g/mol. The molecule has 3 heteroatoms. The number of Topliss-reactive ketones (excluding diaryl/α,β-unsaturated/α-hetero) is 3. The number of allylic oxidation sites excluding steroid dienone is 24. The van der Waals surface area contributed by atoms with Crippen LogP contribution < -0.4 is 0 Å². The van der Waals surface area contributed by atoms with Crippen LogP contribution in [0.15, 0.2) is 137 Å². The highest BCUT2D eigenvalue weighted by Gasteiger charge is 2.53. The third-order valence-electron chi connectivity index (χ3n) is 33.9. The summed E-state index contributed by atoms with van der Waals surface area (Å²) in [6.07, 6.45) is 115. The summed E-state index contributed by atoms with van der Waals surface area (Å²) in [5, 5.41) is 0. The zero-order chi connectivity index (χ0) is 95.2. The topological polar surface area (TPSA) is 51.2 Å². The predicted octanol–water partition coefficient (Wildman–Crippen LogP) is 42.5. The SMILES string of the molecule is CCCCCCCCCC(CCCCCCC)CCC1(CCC(C)CCCC(C)C)C(=O)C2=C(CC(C)=C2)C2=C1C=C(C)C2.CCCCCCCCCC(CCCCCCC)CCC1(CCC(CCCCCCC)CCCCCCCCC)C(=O)C2=C(CC(C)=C2)C2=C1C=C(C)C2.CCCCCCCCCCCCC1(CCCCCCCC)C(=O)C2=C(CC(C)=C2)C2=C1C=C(C)C2. The third-order valence-corrected chi connectivity index (χ3v) is 33.9. The summed E-state index contributed by atoms with van der Waals surface area (Å²) in [7, 11) is 0. The summed E-state index contributed by atoms with van der Waals surface area (Å²) < 4.78 is 0. The van der Waals surface area contributed by atoms with Crippen LogP contribution in [0.1, 0.15) is 612 Å². The van der Waals surface area contributed by atoms with Gasteiger partial charge in [0.25, 0.3) is 0 Å². The molecule has 0 radical (unpaired) electrons. The molecule has 0 aromatic heterocycles. The summed E-state index contributed by atoms with van der Waals surface area (Å²) in [5.74, 6) is 5.26. The molecule has 0 fully saturated rings. The minimum absolute atomic E-state index is 0.252. The Hall–Kier alpha value is -4.11. The summed E-state index contributed by atoms with van der Waals surface area (Å²) in [5.41, 5.74) is 24.1. The maximum absolute atomic E-state index is 15.2. The first-order valence-corrected chi connectivity index (χ1v) is 59.2. The van der Waals surface area contributed by atoms with E-state index in [1.807, 2.05) is 0 Å². The molecule has 9 aliphatic carbocycles. The molecule has 0 aliphatic heterocycles. The number of rotatable bonds is 76. The smallest absolute Gasteiger partial charge is 0.173 e. The van der Waals surface area contributed by atoms with Gasteiger partial charge in [-0.25, -0.2) is 0 Å². The second-order valence-corrected chi connectivity index (χ2v) is 46.6. The molecule has 0 heterocycles. The van der Waals surface area contributed by atoms with Crippen LogP contribution in [0.3, 0.4) is 0 Å². The Morgan fingerprint density at radius 1 is 0.205 bits per heavy atom. The maximum atomic E-state index is 15.2. The largest absolute Gasteiger partial charge is 0.293 e. The normalized spacial score (nSPS) is 20.6. The van der Waals surface area contributed by atoms with Crippen molar-refractivity contribution in [1.82, 2.24) is 0 Å². The van der Waals surface area contributed by atoms with Crippen molar-refractivity contribution in [1.29, 1.82) is 0 Å². The van der Waals surface area contributed by atoms with Gasteiger partial charge < -0.3 is 0 Å². The quantitative estimate of drug-likeness (QED) is 0.0570. The number of hydrogen-bond donors (Lipinski definition) is 0. The molecule has 0 aromatic carbocycles. The molecular weight excluding hydrogens is 1600 g/mol. The van der Waals surface area contributed by atoms with Crippen LogP contribution in [0.2, 0.25) is 0 Å². The Morgan fingerprint density at radius 3 is 0.636 bits per heavy atom. The van der Waals surface area contributed by atoms with E-state index in [0.29, 0.717) is 23.3 Å². The minimum Gasteiger partial charge on any atom is -0.293 e. The summed E-state index contributed by atoms with van der Waals surface area (Å²) in [4.78, 5) is 44.2. The molecule has 3 nitrogen and oxygen atoms in total. The van der Waals surface area contributed by atoms with Crippen molar-refractivity contribution in [3.05, 3.63) is 137 Å². The second kappa shape index (κ2) is 65.7. The van der Waals surface area contributed by atoms with Gasteiger partial charge in [-0.3, -0.25) is 14.4 Å². The second-order valence-electron chi connectivity index (χ2n) is 46.6. The van der Waals surface area contributed by atoms with Crippen molar-refractivity contribution in [3.8, 4) is 0 Å². The van der Waals surface area contributed by atoms with E-state index in [2.05, 4.69) is 154 Å². The van der Waals surface area contributed by atoms with Gasteiger partial charge in [0.15, 0.2) is 17.3 Å². The van der Waals surface area contributed by atoms with Crippen molar-refractivity contribution in [2.75, 3.05) is 0 Å². The molecule has 0 saturated carbocycles. The standard InChI is InChI=1S/C52H90O.C43H72O.C34H54O/c1-7-11-15-19-21-25-29-33-45(31-27-23-17-13-9-3)35-37-52(50-42-44(6)40-48(50)47-39-43(5)41-49(47)51(52)53)38-36-46(32-28-24-18-14-10-4)34-30-26-22-20-16-12-8-2;1-8-10-12-14-15-17-19-24-37(23-18-16-13-11-9-2)26-28-43(27-25-34(5)22-20-21-33(3)4)41-32-36(7)30-39(41)38-29-35(6)31-40(38)42(43)44;1-5-7-9-11-13-14-15-16-18-20-22-34(21-19-17-12-10-8-6-2)32-26-28(4)24-30(32)29-23-27(3)25-31(29)33(34)35/h41-42,45-46H,7-40H2,1-6H3;31-34,37H,8-30H2,1-7H3;25-26H,5-24H2,1-4H3.